The third-order valence-electron chi connectivity index (χ3n) is 4.33. The number of hydrogen-bond donors (Lipinski definition) is 4. The number of aliphatic hydroxyl groups is 1. The predicted octanol–water partition coefficient (Wildman–Crippen LogP) is 0.816. The van der Waals surface area contributed by atoms with Gasteiger partial charge in [0.2, 0.25) is 17.7 Å². The fourth-order valence-corrected chi connectivity index (χ4v) is 2.50. The van der Waals surface area contributed by atoms with Crippen LogP contribution in [-0.4, -0.2) is 61.8 Å². The molecule has 1 aromatic carbocycles. The van der Waals surface area contributed by atoms with Crippen molar-refractivity contribution < 1.29 is 29.0 Å². The first-order valence-electron chi connectivity index (χ1n) is 9.95. The van der Waals surface area contributed by atoms with Crippen LogP contribution in [0.2, 0.25) is 0 Å². The summed E-state index contributed by atoms with van der Waals surface area (Å²) in [6, 6.07) is 5.17. The average molecular weight is 424 g/mol. The van der Waals surface area contributed by atoms with Crippen LogP contribution in [-0.2, 0) is 30.5 Å². The normalized spacial score (nSPS) is 12.9. The molecule has 0 fully saturated rings. The molecule has 9 heteroatoms. The molecule has 2 atom stereocenters. The molecule has 1 aromatic rings. The van der Waals surface area contributed by atoms with Crippen LogP contribution >= 0.6 is 0 Å². The van der Waals surface area contributed by atoms with E-state index >= 15 is 0 Å². The molecule has 0 aliphatic rings. The highest BCUT2D eigenvalue weighted by molar-refractivity contribution is 5.98. The fraction of sp³-hybridized carbons (Fsp3) is 0.571. The van der Waals surface area contributed by atoms with Crippen molar-refractivity contribution >= 4 is 23.4 Å². The van der Waals surface area contributed by atoms with Crippen LogP contribution in [0, 0.1) is 5.92 Å². The van der Waals surface area contributed by atoms with Gasteiger partial charge in [0.1, 0.15) is 12.1 Å². The van der Waals surface area contributed by atoms with Crippen LogP contribution in [0.3, 0.4) is 0 Å². The van der Waals surface area contributed by atoms with Gasteiger partial charge < -0.3 is 30.5 Å². The van der Waals surface area contributed by atoms with Crippen LogP contribution in [0.4, 0.5) is 5.69 Å². The summed E-state index contributed by atoms with van der Waals surface area (Å²) in [6.45, 7) is 6.19. The van der Waals surface area contributed by atoms with Crippen molar-refractivity contribution in [2.24, 2.45) is 5.92 Å². The molecule has 0 aromatic heterocycles. The van der Waals surface area contributed by atoms with E-state index in [1.165, 1.54) is 0 Å². The molecule has 0 radical (unpaired) electrons. The lowest BCUT2D eigenvalue weighted by Crippen LogP contribution is -2.53. The number of methoxy groups -OCH3 is 1. The van der Waals surface area contributed by atoms with Gasteiger partial charge in [0, 0.05) is 19.2 Å². The highest BCUT2D eigenvalue weighted by atomic mass is 16.5. The van der Waals surface area contributed by atoms with E-state index in [1.807, 2.05) is 13.8 Å². The van der Waals surface area contributed by atoms with Crippen LogP contribution in [0.1, 0.15) is 32.8 Å². The van der Waals surface area contributed by atoms with Gasteiger partial charge in [-0.1, -0.05) is 26.0 Å². The molecule has 0 heterocycles. The minimum absolute atomic E-state index is 0.0811. The second kappa shape index (κ2) is 13.7. The zero-order chi connectivity index (χ0) is 22.5. The summed E-state index contributed by atoms with van der Waals surface area (Å²) < 4.78 is 10.1. The Morgan fingerprint density at radius 1 is 0.967 bits per heavy atom. The first kappa shape index (κ1) is 25.5. The van der Waals surface area contributed by atoms with Crippen molar-refractivity contribution in [1.82, 2.24) is 10.6 Å². The summed E-state index contributed by atoms with van der Waals surface area (Å²) in [5, 5.41) is 17.1. The van der Waals surface area contributed by atoms with E-state index in [4.69, 9.17) is 14.6 Å². The van der Waals surface area contributed by atoms with Gasteiger partial charge in [0.05, 0.1) is 26.4 Å². The van der Waals surface area contributed by atoms with E-state index in [2.05, 4.69) is 16.0 Å². The Morgan fingerprint density at radius 3 is 2.20 bits per heavy atom. The second-order valence-electron chi connectivity index (χ2n) is 7.22. The standard InChI is InChI=1S/C21H33N3O6/c1-14(2)19(24-18(26)9-10-30-12-11-29-4)21(28)22-15(3)20(27)23-17-7-5-16(13-25)6-8-17/h5-8,14-15,19,25H,9-13H2,1-4H3,(H,22,28)(H,23,27)(H,24,26)/t15-,19-/m0/s1. The Kier molecular flexibility index (Phi) is 11.7. The minimum Gasteiger partial charge on any atom is -0.392 e. The smallest absolute Gasteiger partial charge is 0.246 e. The number of nitrogens with one attached hydrogen (secondary N) is 3. The molecule has 0 bridgehead atoms. The van der Waals surface area contributed by atoms with E-state index in [-0.39, 0.29) is 37.4 Å². The maximum absolute atomic E-state index is 12.6. The number of hydrogen-bond acceptors (Lipinski definition) is 6. The Balaban J connectivity index is 2.53. The molecule has 0 saturated heterocycles. The van der Waals surface area contributed by atoms with E-state index in [9.17, 15) is 14.4 Å². The van der Waals surface area contributed by atoms with Gasteiger partial charge >= 0.3 is 0 Å². The molecule has 4 N–H and O–H groups in total. The largest absolute Gasteiger partial charge is 0.392 e. The maximum Gasteiger partial charge on any atom is 0.246 e. The van der Waals surface area contributed by atoms with Crippen molar-refractivity contribution in [3.63, 3.8) is 0 Å². The molecule has 0 saturated carbocycles. The number of ether oxygens (including phenoxy) is 2. The van der Waals surface area contributed by atoms with Crippen molar-refractivity contribution in [3.05, 3.63) is 29.8 Å². The molecule has 3 amide bonds. The Bertz CT molecular complexity index is 678. The second-order valence-corrected chi connectivity index (χ2v) is 7.22. The van der Waals surface area contributed by atoms with Gasteiger partial charge in [-0.2, -0.15) is 0 Å². The van der Waals surface area contributed by atoms with Crippen LogP contribution in [0.15, 0.2) is 24.3 Å². The van der Waals surface area contributed by atoms with Gasteiger partial charge in [-0.15, -0.1) is 0 Å². The topological polar surface area (TPSA) is 126 Å². The van der Waals surface area contributed by atoms with Crippen LogP contribution in [0.5, 0.6) is 0 Å². The molecule has 30 heavy (non-hydrogen) atoms. The lowest BCUT2D eigenvalue weighted by Gasteiger charge is -2.24. The number of amides is 3. The SMILES string of the molecule is COCCOCCC(=O)N[C@H](C(=O)N[C@@H](C)C(=O)Nc1ccc(CO)cc1)C(C)C. The summed E-state index contributed by atoms with van der Waals surface area (Å²) in [7, 11) is 1.57. The lowest BCUT2D eigenvalue weighted by molar-refractivity contribution is -0.132. The molecule has 168 valence electrons. The fourth-order valence-electron chi connectivity index (χ4n) is 2.50. The van der Waals surface area contributed by atoms with Crippen molar-refractivity contribution in [3.8, 4) is 0 Å². The summed E-state index contributed by atoms with van der Waals surface area (Å²) in [4.78, 5) is 37.1. The molecule has 0 aliphatic carbocycles. The van der Waals surface area contributed by atoms with Gasteiger partial charge in [-0.05, 0) is 30.5 Å². The molecular weight excluding hydrogens is 390 g/mol. The zero-order valence-corrected chi connectivity index (χ0v) is 18.1. The van der Waals surface area contributed by atoms with Gasteiger partial charge in [0.15, 0.2) is 0 Å². The molecular formula is C21H33N3O6. The number of benzene rings is 1. The summed E-state index contributed by atoms with van der Waals surface area (Å²) >= 11 is 0. The maximum atomic E-state index is 12.6. The molecule has 1 rings (SSSR count). The Labute approximate surface area is 177 Å². The van der Waals surface area contributed by atoms with Crippen molar-refractivity contribution in [1.29, 1.82) is 0 Å². The highest BCUT2D eigenvalue weighted by Gasteiger charge is 2.26. The quantitative estimate of drug-likeness (QED) is 0.348. The number of carbonyl (C=O) groups excluding carboxylic acids is 3. The highest BCUT2D eigenvalue weighted by Crippen LogP contribution is 2.10. The third-order valence-corrected chi connectivity index (χ3v) is 4.33. The van der Waals surface area contributed by atoms with E-state index in [1.54, 1.807) is 38.3 Å². The third kappa shape index (κ3) is 9.34. The number of anilines is 1. The number of carbonyl (C=O) groups is 3. The predicted molar refractivity (Wildman–Crippen MR) is 113 cm³/mol. The van der Waals surface area contributed by atoms with Crippen molar-refractivity contribution in [2.75, 3.05) is 32.2 Å². The molecule has 0 aliphatic heterocycles. The van der Waals surface area contributed by atoms with Gasteiger partial charge in [0.25, 0.3) is 0 Å². The first-order chi connectivity index (χ1) is 14.3. The minimum atomic E-state index is -0.800. The van der Waals surface area contributed by atoms with E-state index in [0.29, 0.717) is 18.9 Å². The molecule has 0 spiro atoms. The van der Waals surface area contributed by atoms with Crippen LogP contribution in [0.25, 0.3) is 0 Å². The lowest BCUT2D eigenvalue weighted by atomic mass is 10.0. The van der Waals surface area contributed by atoms with Gasteiger partial charge in [-0.3, -0.25) is 14.4 Å². The molecule has 9 nitrogen and oxygen atoms in total. The number of aliphatic hydroxyl groups excluding tert-OH is 1. The summed E-state index contributed by atoms with van der Waals surface area (Å²) in [6.07, 6.45) is 0.125. The van der Waals surface area contributed by atoms with Crippen molar-refractivity contribution in [2.45, 2.75) is 45.9 Å². The van der Waals surface area contributed by atoms with E-state index < -0.39 is 18.0 Å². The Hall–Kier alpha value is -2.49. The first-order valence-corrected chi connectivity index (χ1v) is 9.95. The van der Waals surface area contributed by atoms with Gasteiger partial charge in [-0.25, -0.2) is 0 Å². The van der Waals surface area contributed by atoms with Crippen LogP contribution < -0.4 is 16.0 Å². The molecule has 0 unspecified atom stereocenters. The summed E-state index contributed by atoms with van der Waals surface area (Å²) in [5.41, 5.74) is 1.29. The average Bonchev–Trinajstić information content (AvgIpc) is 2.72. The number of rotatable bonds is 13. The van der Waals surface area contributed by atoms with E-state index in [0.717, 1.165) is 5.56 Å². The Morgan fingerprint density at radius 2 is 1.63 bits per heavy atom. The zero-order valence-electron chi connectivity index (χ0n) is 18.1. The summed E-state index contributed by atoms with van der Waals surface area (Å²) in [5.74, 6) is -1.29. The monoisotopic (exact) mass is 423 g/mol.